The molecule has 0 aliphatic carbocycles. The van der Waals surface area contributed by atoms with Gasteiger partial charge in [0.2, 0.25) is 0 Å². The Kier molecular flexibility index (Phi) is 4.62. The van der Waals surface area contributed by atoms with Crippen molar-refractivity contribution in [3.8, 4) is 0 Å². The summed E-state index contributed by atoms with van der Waals surface area (Å²) in [6.07, 6.45) is 0. The number of rotatable bonds is 2. The Balaban J connectivity index is 1.56. The summed E-state index contributed by atoms with van der Waals surface area (Å²) in [5.41, 5.74) is 15.3. The predicted molar refractivity (Wildman–Crippen MR) is 155 cm³/mol. The van der Waals surface area contributed by atoms with E-state index in [1.54, 1.807) is 0 Å². The van der Waals surface area contributed by atoms with E-state index in [9.17, 15) is 0 Å². The van der Waals surface area contributed by atoms with Crippen molar-refractivity contribution in [1.82, 2.24) is 0 Å². The highest BCUT2D eigenvalue weighted by Crippen LogP contribution is 2.43. The van der Waals surface area contributed by atoms with E-state index < -0.39 is 0 Å². The van der Waals surface area contributed by atoms with Gasteiger partial charge in [-0.1, -0.05) is 77.4 Å². The number of hydrogen-bond acceptors (Lipinski definition) is 2. The molecule has 5 aromatic rings. The zero-order chi connectivity index (χ0) is 24.4. The summed E-state index contributed by atoms with van der Waals surface area (Å²) < 4.78 is 0. The third-order valence-electron chi connectivity index (χ3n) is 7.64. The Hall–Kier alpha value is -4.24. The van der Waals surface area contributed by atoms with Crippen LogP contribution in [0, 0.1) is 20.8 Å². The first kappa shape index (κ1) is 21.1. The molecule has 172 valence electrons. The van der Waals surface area contributed by atoms with Gasteiger partial charge in [-0.25, -0.2) is 0 Å². The normalized spacial score (nSPS) is 13.2. The van der Waals surface area contributed by atoms with Crippen LogP contribution in [0.4, 0.5) is 34.1 Å². The van der Waals surface area contributed by atoms with E-state index in [-0.39, 0.29) is 6.71 Å². The smallest absolute Gasteiger partial charge is 0.252 e. The van der Waals surface area contributed by atoms with Crippen molar-refractivity contribution < 1.29 is 0 Å². The first-order chi connectivity index (χ1) is 17.6. The molecule has 0 aromatic heterocycles. The summed E-state index contributed by atoms with van der Waals surface area (Å²) in [7, 11) is 0. The first-order valence-electron chi connectivity index (χ1n) is 12.7. The van der Waals surface area contributed by atoms with Crippen LogP contribution in [0.2, 0.25) is 0 Å². The van der Waals surface area contributed by atoms with Gasteiger partial charge in [0.15, 0.2) is 0 Å². The highest BCUT2D eigenvalue weighted by atomic mass is 15.2. The highest BCUT2D eigenvalue weighted by Gasteiger charge is 2.42. The molecule has 2 aliphatic heterocycles. The Morgan fingerprint density at radius 2 is 0.944 bits per heavy atom. The highest BCUT2D eigenvalue weighted by molar-refractivity contribution is 7.00. The number of anilines is 6. The summed E-state index contributed by atoms with van der Waals surface area (Å²) in [6, 6.07) is 40.4. The van der Waals surface area contributed by atoms with Gasteiger partial charge in [0.05, 0.1) is 0 Å². The van der Waals surface area contributed by atoms with Crippen LogP contribution >= 0.6 is 0 Å². The second kappa shape index (κ2) is 7.89. The van der Waals surface area contributed by atoms with E-state index in [4.69, 9.17) is 0 Å². The van der Waals surface area contributed by atoms with Crippen LogP contribution in [0.5, 0.6) is 0 Å². The van der Waals surface area contributed by atoms with Crippen LogP contribution in [0.15, 0.2) is 109 Å². The molecule has 0 fully saturated rings. The average molecular weight is 462 g/mol. The maximum Gasteiger partial charge on any atom is 0.252 e. The Morgan fingerprint density at radius 3 is 1.56 bits per heavy atom. The summed E-state index contributed by atoms with van der Waals surface area (Å²) in [5.74, 6) is 0. The molecule has 3 heteroatoms. The third kappa shape index (κ3) is 3.06. The molecule has 2 aliphatic rings. The minimum absolute atomic E-state index is 0.186. The molecule has 0 amide bonds. The van der Waals surface area contributed by atoms with Crippen molar-refractivity contribution in [1.29, 1.82) is 0 Å². The molecule has 0 bridgehead atoms. The molecule has 36 heavy (non-hydrogen) atoms. The van der Waals surface area contributed by atoms with E-state index in [0.717, 1.165) is 0 Å². The standard InChI is InChI=1S/C33H27BN2/c1-22-11-16-25(17-12-22)35-29-8-5-4-7-27(29)34-28-21-24(3)15-20-30(28)36(26-18-13-23(2)14-19-26)32-10-6-9-31(35)33(32)34/h4-21H,1-3H3. The topological polar surface area (TPSA) is 6.48 Å². The number of fused-ring (bicyclic) bond motifs is 4. The molecular weight excluding hydrogens is 435 g/mol. The molecule has 0 unspecified atom stereocenters. The Bertz CT molecular complexity index is 1610. The zero-order valence-electron chi connectivity index (χ0n) is 20.9. The maximum absolute atomic E-state index is 2.45. The van der Waals surface area contributed by atoms with Crippen LogP contribution in [0.25, 0.3) is 0 Å². The average Bonchev–Trinajstić information content (AvgIpc) is 2.90. The van der Waals surface area contributed by atoms with Gasteiger partial charge in [-0.3, -0.25) is 0 Å². The second-order valence-corrected chi connectivity index (χ2v) is 10.1. The largest absolute Gasteiger partial charge is 0.311 e. The molecular formula is C33H27BN2. The first-order valence-corrected chi connectivity index (χ1v) is 12.7. The summed E-state index contributed by atoms with van der Waals surface area (Å²) in [6.45, 7) is 6.68. The zero-order valence-corrected chi connectivity index (χ0v) is 20.9. The summed E-state index contributed by atoms with van der Waals surface area (Å²) in [5, 5.41) is 0. The monoisotopic (exact) mass is 462 g/mol. The van der Waals surface area contributed by atoms with Gasteiger partial charge in [0, 0.05) is 34.1 Å². The molecule has 0 N–H and O–H groups in total. The molecule has 0 spiro atoms. The van der Waals surface area contributed by atoms with Crippen LogP contribution in [-0.4, -0.2) is 6.71 Å². The van der Waals surface area contributed by atoms with Gasteiger partial charge < -0.3 is 9.80 Å². The lowest BCUT2D eigenvalue weighted by molar-refractivity contribution is 1.24. The summed E-state index contributed by atoms with van der Waals surface area (Å²) in [4.78, 5) is 4.89. The van der Waals surface area contributed by atoms with E-state index in [2.05, 4.69) is 140 Å². The quantitative estimate of drug-likeness (QED) is 0.264. The SMILES string of the molecule is Cc1ccc(N2c3ccccc3B3c4cc(C)ccc4N(c4ccc(C)cc4)c4cccc2c43)cc1. The number of para-hydroxylation sites is 1. The van der Waals surface area contributed by atoms with Crippen LogP contribution in [-0.2, 0) is 0 Å². The second-order valence-electron chi connectivity index (χ2n) is 10.1. The lowest BCUT2D eigenvalue weighted by Crippen LogP contribution is -2.61. The van der Waals surface area contributed by atoms with Gasteiger partial charge in [-0.15, -0.1) is 0 Å². The molecule has 0 radical (unpaired) electrons. The third-order valence-corrected chi connectivity index (χ3v) is 7.64. The fourth-order valence-electron chi connectivity index (χ4n) is 5.95. The molecule has 0 saturated heterocycles. The van der Waals surface area contributed by atoms with Crippen molar-refractivity contribution in [3.63, 3.8) is 0 Å². The van der Waals surface area contributed by atoms with Gasteiger partial charge >= 0.3 is 0 Å². The Morgan fingerprint density at radius 1 is 0.444 bits per heavy atom. The molecule has 0 saturated carbocycles. The number of hydrogen-bond donors (Lipinski definition) is 0. The fraction of sp³-hybridized carbons (Fsp3) is 0.0909. The predicted octanol–water partition coefficient (Wildman–Crippen LogP) is 6.69. The van der Waals surface area contributed by atoms with Crippen molar-refractivity contribution in [2.75, 3.05) is 9.80 Å². The van der Waals surface area contributed by atoms with E-state index >= 15 is 0 Å². The maximum atomic E-state index is 2.45. The van der Waals surface area contributed by atoms with Crippen molar-refractivity contribution in [3.05, 3.63) is 126 Å². The minimum atomic E-state index is 0.186. The van der Waals surface area contributed by atoms with Gasteiger partial charge in [0.25, 0.3) is 6.71 Å². The van der Waals surface area contributed by atoms with E-state index in [1.807, 2.05) is 0 Å². The van der Waals surface area contributed by atoms with Crippen molar-refractivity contribution in [2.45, 2.75) is 20.8 Å². The number of benzene rings is 5. The number of aryl methyl sites for hydroxylation is 3. The summed E-state index contributed by atoms with van der Waals surface area (Å²) >= 11 is 0. The van der Waals surface area contributed by atoms with Crippen LogP contribution in [0.3, 0.4) is 0 Å². The van der Waals surface area contributed by atoms with Crippen LogP contribution in [0.1, 0.15) is 16.7 Å². The van der Waals surface area contributed by atoms with Gasteiger partial charge in [-0.05, 0) is 85.7 Å². The minimum Gasteiger partial charge on any atom is -0.311 e. The molecule has 2 nitrogen and oxygen atoms in total. The number of nitrogens with zero attached hydrogens (tertiary/aromatic N) is 2. The van der Waals surface area contributed by atoms with Gasteiger partial charge in [0.1, 0.15) is 0 Å². The lowest BCUT2D eigenvalue weighted by Gasteiger charge is -2.44. The molecule has 0 atom stereocenters. The van der Waals surface area contributed by atoms with Gasteiger partial charge in [-0.2, -0.15) is 0 Å². The van der Waals surface area contributed by atoms with E-state index in [0.29, 0.717) is 0 Å². The molecule has 2 heterocycles. The van der Waals surface area contributed by atoms with Crippen molar-refractivity contribution >= 4 is 57.2 Å². The molecule has 7 rings (SSSR count). The van der Waals surface area contributed by atoms with E-state index in [1.165, 1.54) is 67.2 Å². The van der Waals surface area contributed by atoms with Crippen LogP contribution < -0.4 is 26.2 Å². The fourth-order valence-corrected chi connectivity index (χ4v) is 5.95. The Labute approximate surface area is 213 Å². The molecule has 5 aromatic carbocycles. The van der Waals surface area contributed by atoms with Crippen molar-refractivity contribution in [2.24, 2.45) is 0 Å². The lowest BCUT2D eigenvalue weighted by atomic mass is 9.33.